The monoisotopic (exact) mass is 381 g/mol. The van der Waals surface area contributed by atoms with Gasteiger partial charge in [0, 0.05) is 11.3 Å². The van der Waals surface area contributed by atoms with Gasteiger partial charge in [0.2, 0.25) is 0 Å². The number of para-hydroxylation sites is 1. The van der Waals surface area contributed by atoms with Gasteiger partial charge >= 0.3 is 0 Å². The quantitative estimate of drug-likeness (QED) is 0.668. The molecule has 3 N–H and O–H groups in total. The molecule has 1 saturated heterocycles. The zero-order chi connectivity index (χ0) is 19.9. The average molecular weight is 382 g/mol. The summed E-state index contributed by atoms with van der Waals surface area (Å²) in [7, 11) is 0. The molecule has 4 nitrogen and oxygen atoms in total. The zero-order valence-corrected chi connectivity index (χ0v) is 17.5. The van der Waals surface area contributed by atoms with Crippen LogP contribution in [0.2, 0.25) is 0 Å². The van der Waals surface area contributed by atoms with Crippen LogP contribution in [-0.2, 0) is 11.3 Å². The van der Waals surface area contributed by atoms with E-state index in [0.717, 1.165) is 44.8 Å². The SMILES string of the molecule is CC[C@@H](C)c1ccccc1NC(=O)[C@@H](C)[NH+]1CC[NH+](Cc2ccccc2)CC1. The van der Waals surface area contributed by atoms with E-state index in [4.69, 9.17) is 0 Å². The molecular formula is C24H35N3O+2. The molecule has 4 heteroatoms. The first-order valence-electron chi connectivity index (χ1n) is 10.7. The van der Waals surface area contributed by atoms with Crippen molar-refractivity contribution in [1.82, 2.24) is 0 Å². The van der Waals surface area contributed by atoms with Gasteiger partial charge in [-0.3, -0.25) is 4.79 Å². The van der Waals surface area contributed by atoms with Crippen molar-refractivity contribution in [3.05, 3.63) is 65.7 Å². The van der Waals surface area contributed by atoms with Crippen LogP contribution in [0.5, 0.6) is 0 Å². The lowest BCUT2D eigenvalue weighted by Crippen LogP contribution is -3.29. The van der Waals surface area contributed by atoms with E-state index in [-0.39, 0.29) is 11.9 Å². The lowest BCUT2D eigenvalue weighted by atomic mass is 9.97. The number of quaternary nitrogens is 2. The number of hydrogen-bond donors (Lipinski definition) is 3. The molecule has 1 aliphatic heterocycles. The molecule has 0 bridgehead atoms. The maximum atomic E-state index is 12.9. The molecule has 1 fully saturated rings. The third-order valence-electron chi connectivity index (χ3n) is 6.26. The molecular weight excluding hydrogens is 346 g/mol. The first kappa shape index (κ1) is 20.6. The summed E-state index contributed by atoms with van der Waals surface area (Å²) in [5.74, 6) is 0.585. The molecule has 1 amide bonds. The second-order valence-electron chi connectivity index (χ2n) is 8.18. The van der Waals surface area contributed by atoms with Crippen molar-refractivity contribution in [3.63, 3.8) is 0 Å². The smallest absolute Gasteiger partial charge is 0.282 e. The second kappa shape index (κ2) is 9.85. The first-order valence-corrected chi connectivity index (χ1v) is 10.7. The Labute approximate surface area is 169 Å². The second-order valence-corrected chi connectivity index (χ2v) is 8.18. The van der Waals surface area contributed by atoms with E-state index in [1.54, 1.807) is 4.90 Å². The Morgan fingerprint density at radius 3 is 2.29 bits per heavy atom. The fourth-order valence-corrected chi connectivity index (χ4v) is 4.11. The van der Waals surface area contributed by atoms with Crippen LogP contribution in [0.15, 0.2) is 54.6 Å². The Balaban J connectivity index is 1.54. The minimum Gasteiger partial charge on any atom is -0.322 e. The zero-order valence-electron chi connectivity index (χ0n) is 17.5. The highest BCUT2D eigenvalue weighted by Crippen LogP contribution is 2.26. The van der Waals surface area contributed by atoms with Gasteiger partial charge in [0.15, 0.2) is 6.04 Å². The molecule has 0 saturated carbocycles. The van der Waals surface area contributed by atoms with Gasteiger partial charge < -0.3 is 15.1 Å². The fourth-order valence-electron chi connectivity index (χ4n) is 4.11. The van der Waals surface area contributed by atoms with Gasteiger partial charge in [0.1, 0.15) is 32.7 Å². The third-order valence-corrected chi connectivity index (χ3v) is 6.26. The van der Waals surface area contributed by atoms with E-state index >= 15 is 0 Å². The summed E-state index contributed by atoms with van der Waals surface area (Å²) >= 11 is 0. The summed E-state index contributed by atoms with van der Waals surface area (Å²) in [4.78, 5) is 15.9. The molecule has 150 valence electrons. The number of amides is 1. The number of carbonyl (C=O) groups excluding carboxylic acids is 1. The van der Waals surface area contributed by atoms with Crippen molar-refractivity contribution in [2.45, 2.75) is 45.7 Å². The Kier molecular flexibility index (Phi) is 7.24. The van der Waals surface area contributed by atoms with E-state index < -0.39 is 0 Å². The van der Waals surface area contributed by atoms with Crippen LogP contribution in [0, 0.1) is 0 Å². The van der Waals surface area contributed by atoms with Gasteiger partial charge in [0.25, 0.3) is 5.91 Å². The molecule has 28 heavy (non-hydrogen) atoms. The molecule has 0 aromatic heterocycles. The lowest BCUT2D eigenvalue weighted by Gasteiger charge is -2.32. The van der Waals surface area contributed by atoms with E-state index in [2.05, 4.69) is 68.6 Å². The van der Waals surface area contributed by atoms with Crippen molar-refractivity contribution in [1.29, 1.82) is 0 Å². The van der Waals surface area contributed by atoms with Gasteiger partial charge in [-0.15, -0.1) is 0 Å². The van der Waals surface area contributed by atoms with Crippen LogP contribution < -0.4 is 15.1 Å². The molecule has 0 radical (unpaired) electrons. The maximum absolute atomic E-state index is 12.9. The molecule has 0 spiro atoms. The number of anilines is 1. The predicted molar refractivity (Wildman–Crippen MR) is 115 cm³/mol. The first-order chi connectivity index (χ1) is 13.6. The highest BCUT2D eigenvalue weighted by Gasteiger charge is 2.31. The van der Waals surface area contributed by atoms with Gasteiger partial charge in [-0.25, -0.2) is 0 Å². The van der Waals surface area contributed by atoms with Crippen molar-refractivity contribution < 1.29 is 14.6 Å². The number of carbonyl (C=O) groups is 1. The number of benzene rings is 2. The van der Waals surface area contributed by atoms with E-state index in [1.807, 2.05) is 12.1 Å². The highest BCUT2D eigenvalue weighted by atomic mass is 16.2. The van der Waals surface area contributed by atoms with E-state index in [0.29, 0.717) is 5.92 Å². The predicted octanol–water partition coefficient (Wildman–Crippen LogP) is 1.51. The Morgan fingerprint density at radius 2 is 1.61 bits per heavy atom. The Morgan fingerprint density at radius 1 is 0.964 bits per heavy atom. The standard InChI is InChI=1S/C24H33N3O/c1-4-19(2)22-12-8-9-13-23(22)25-24(28)20(3)27-16-14-26(15-17-27)18-21-10-6-5-7-11-21/h5-13,19-20H,4,14-18H2,1-3H3,(H,25,28)/p+2/t19-,20-/m1/s1. The molecule has 2 atom stereocenters. The van der Waals surface area contributed by atoms with Gasteiger partial charge in [-0.1, -0.05) is 62.4 Å². The average Bonchev–Trinajstić information content (AvgIpc) is 2.74. The molecule has 3 rings (SSSR count). The molecule has 0 unspecified atom stereocenters. The molecule has 1 aliphatic rings. The van der Waals surface area contributed by atoms with Crippen molar-refractivity contribution in [2.75, 3.05) is 31.5 Å². The largest absolute Gasteiger partial charge is 0.322 e. The summed E-state index contributed by atoms with van der Waals surface area (Å²) in [6.45, 7) is 11.9. The summed E-state index contributed by atoms with van der Waals surface area (Å²) in [6, 6.07) is 18.9. The van der Waals surface area contributed by atoms with E-state index in [9.17, 15) is 4.79 Å². The van der Waals surface area contributed by atoms with Gasteiger partial charge in [-0.2, -0.15) is 0 Å². The Bertz CT molecular complexity index is 753. The third kappa shape index (κ3) is 5.21. The topological polar surface area (TPSA) is 38.0 Å². The number of nitrogens with one attached hydrogen (secondary N) is 3. The van der Waals surface area contributed by atoms with E-state index in [1.165, 1.54) is 16.0 Å². The van der Waals surface area contributed by atoms with Crippen LogP contribution in [0.25, 0.3) is 0 Å². The Hall–Kier alpha value is -2.17. The summed E-state index contributed by atoms with van der Waals surface area (Å²) in [5.41, 5.74) is 3.60. The lowest BCUT2D eigenvalue weighted by molar-refractivity contribution is -1.02. The molecule has 2 aromatic carbocycles. The summed E-state index contributed by atoms with van der Waals surface area (Å²) in [6.07, 6.45) is 1.07. The number of piperazine rings is 1. The number of hydrogen-bond acceptors (Lipinski definition) is 1. The number of rotatable bonds is 7. The van der Waals surface area contributed by atoms with Crippen molar-refractivity contribution in [3.8, 4) is 0 Å². The highest BCUT2D eigenvalue weighted by molar-refractivity contribution is 5.94. The normalized spacial score (nSPS) is 21.7. The minimum atomic E-state index is -0.0248. The van der Waals surface area contributed by atoms with Crippen LogP contribution in [0.4, 0.5) is 5.69 Å². The summed E-state index contributed by atoms with van der Waals surface area (Å²) in [5, 5.41) is 3.21. The van der Waals surface area contributed by atoms with Crippen molar-refractivity contribution in [2.24, 2.45) is 0 Å². The minimum absolute atomic E-state index is 0.0248. The van der Waals surface area contributed by atoms with Crippen LogP contribution in [-0.4, -0.2) is 38.1 Å². The molecule has 1 heterocycles. The molecule has 0 aliphatic carbocycles. The van der Waals surface area contributed by atoms with Crippen molar-refractivity contribution >= 4 is 11.6 Å². The summed E-state index contributed by atoms with van der Waals surface area (Å²) < 4.78 is 0. The fraction of sp³-hybridized carbons (Fsp3) is 0.458. The van der Waals surface area contributed by atoms with Crippen LogP contribution in [0.1, 0.15) is 44.2 Å². The molecule has 2 aromatic rings. The van der Waals surface area contributed by atoms with Crippen LogP contribution >= 0.6 is 0 Å². The van der Waals surface area contributed by atoms with Gasteiger partial charge in [0.05, 0.1) is 0 Å². The van der Waals surface area contributed by atoms with Gasteiger partial charge in [-0.05, 0) is 30.9 Å². The van der Waals surface area contributed by atoms with Crippen LogP contribution in [0.3, 0.4) is 0 Å². The maximum Gasteiger partial charge on any atom is 0.282 e.